The van der Waals surface area contributed by atoms with Gasteiger partial charge < -0.3 is 0 Å². The van der Waals surface area contributed by atoms with Crippen molar-refractivity contribution in [2.75, 3.05) is 0 Å². The van der Waals surface area contributed by atoms with Crippen molar-refractivity contribution in [2.24, 2.45) is 0 Å². The number of hydrogen-bond acceptors (Lipinski definition) is 4. The molecule has 0 aromatic heterocycles. The van der Waals surface area contributed by atoms with Crippen LogP contribution in [0.2, 0.25) is 0 Å². The first-order valence-electron chi connectivity index (χ1n) is 7.55. The maximum Gasteiger partial charge on any atom is 0.198 e. The van der Waals surface area contributed by atoms with Gasteiger partial charge in [0, 0.05) is 11.1 Å². The largest absolute Gasteiger partial charge is 0.288 e. The highest BCUT2D eigenvalue weighted by Gasteiger charge is 2.29. The van der Waals surface area contributed by atoms with Crippen molar-refractivity contribution in [3.05, 3.63) is 91.4 Å². The summed E-state index contributed by atoms with van der Waals surface area (Å²) in [5.41, 5.74) is 1.33. The molecule has 2 aromatic rings. The lowest BCUT2D eigenvalue weighted by atomic mass is 9.97. The van der Waals surface area contributed by atoms with Crippen molar-refractivity contribution in [3.63, 3.8) is 0 Å². The van der Waals surface area contributed by atoms with Crippen LogP contribution in [0.5, 0.6) is 0 Å². The van der Waals surface area contributed by atoms with Crippen LogP contribution in [-0.4, -0.2) is 11.6 Å². The van der Waals surface area contributed by atoms with Gasteiger partial charge in [-0.25, -0.2) is 0 Å². The smallest absolute Gasteiger partial charge is 0.198 e. The Morgan fingerprint density at radius 2 is 1.04 bits per heavy atom. The average molecular weight is 352 g/mol. The van der Waals surface area contributed by atoms with Crippen molar-refractivity contribution in [2.45, 2.75) is 13.8 Å². The summed E-state index contributed by atoms with van der Waals surface area (Å²) in [6.45, 7) is 4.02. The molecule has 0 saturated heterocycles. The summed E-state index contributed by atoms with van der Waals surface area (Å²) in [5, 5.41) is 0. The summed E-state index contributed by atoms with van der Waals surface area (Å²) in [6.07, 6.45) is 0. The van der Waals surface area contributed by atoms with E-state index in [0.717, 1.165) is 14.0 Å². The standard InChI is InChI=1S/C20H16O2S2/c1-13-14(2)24-20(23-13)17(18(21)15-9-5-3-6-10-15)19(22)16-11-7-4-8-12-16/h3-12H,1-2H3. The van der Waals surface area contributed by atoms with Gasteiger partial charge in [0.1, 0.15) is 0 Å². The van der Waals surface area contributed by atoms with Gasteiger partial charge >= 0.3 is 0 Å². The lowest BCUT2D eigenvalue weighted by molar-refractivity contribution is 0.0962. The van der Waals surface area contributed by atoms with Gasteiger partial charge in [-0.3, -0.25) is 9.59 Å². The van der Waals surface area contributed by atoms with E-state index >= 15 is 0 Å². The van der Waals surface area contributed by atoms with Crippen LogP contribution in [0.4, 0.5) is 0 Å². The van der Waals surface area contributed by atoms with Crippen LogP contribution in [0.25, 0.3) is 0 Å². The molecule has 0 fully saturated rings. The molecule has 4 heteroatoms. The molecule has 0 unspecified atom stereocenters. The highest BCUT2D eigenvalue weighted by atomic mass is 32.2. The minimum Gasteiger partial charge on any atom is -0.288 e. The maximum atomic E-state index is 13.0. The van der Waals surface area contributed by atoms with Crippen LogP contribution in [0.15, 0.2) is 80.3 Å². The number of thioether (sulfide) groups is 2. The SMILES string of the molecule is CC1=C(C)SC(=C(C(=O)c2ccccc2)C(=O)c2ccccc2)S1. The molecule has 0 spiro atoms. The number of carbonyl (C=O) groups excluding carboxylic acids is 2. The second-order valence-electron chi connectivity index (χ2n) is 5.37. The summed E-state index contributed by atoms with van der Waals surface area (Å²) in [4.78, 5) is 28.3. The number of rotatable bonds is 4. The van der Waals surface area contributed by atoms with Gasteiger partial charge in [0.2, 0.25) is 0 Å². The lowest BCUT2D eigenvalue weighted by Gasteiger charge is -2.10. The van der Waals surface area contributed by atoms with E-state index in [1.807, 2.05) is 50.2 Å². The Kier molecular flexibility index (Phi) is 5.07. The molecule has 120 valence electrons. The summed E-state index contributed by atoms with van der Waals surface area (Å²) in [5.74, 6) is -0.441. The Bertz CT molecular complexity index is 780. The number of allylic oxidation sites excluding steroid dienone is 3. The highest BCUT2D eigenvalue weighted by Crippen LogP contribution is 2.50. The van der Waals surface area contributed by atoms with Gasteiger partial charge in [0.05, 0.1) is 9.81 Å². The van der Waals surface area contributed by atoms with Gasteiger partial charge in [0.25, 0.3) is 0 Å². The van der Waals surface area contributed by atoms with E-state index in [1.165, 1.54) is 23.5 Å². The molecule has 0 amide bonds. The third-order valence-electron chi connectivity index (χ3n) is 3.72. The molecule has 0 saturated carbocycles. The number of ketones is 2. The Morgan fingerprint density at radius 1 is 0.667 bits per heavy atom. The number of Topliss-reactive ketones (excluding diaryl/α,β-unsaturated/α-hetero) is 2. The first kappa shape index (κ1) is 16.8. The summed E-state index contributed by atoms with van der Waals surface area (Å²) >= 11 is 3.02. The second-order valence-corrected chi connectivity index (χ2v) is 8.08. The minimum absolute atomic E-state index is 0.220. The molecule has 1 aliphatic rings. The van der Waals surface area contributed by atoms with E-state index in [4.69, 9.17) is 0 Å². The van der Waals surface area contributed by atoms with E-state index < -0.39 is 0 Å². The second kappa shape index (κ2) is 7.24. The summed E-state index contributed by atoms with van der Waals surface area (Å²) < 4.78 is 0.771. The van der Waals surface area contributed by atoms with Crippen LogP contribution in [-0.2, 0) is 0 Å². The molecular weight excluding hydrogens is 336 g/mol. The monoisotopic (exact) mass is 352 g/mol. The predicted molar refractivity (Wildman–Crippen MR) is 102 cm³/mol. The van der Waals surface area contributed by atoms with Crippen LogP contribution in [0.3, 0.4) is 0 Å². The van der Waals surface area contributed by atoms with E-state index in [9.17, 15) is 9.59 Å². The molecule has 0 radical (unpaired) electrons. The molecular formula is C20H16O2S2. The molecule has 3 rings (SSSR count). The van der Waals surface area contributed by atoms with Gasteiger partial charge in [-0.15, -0.1) is 0 Å². The average Bonchev–Trinajstić information content (AvgIpc) is 2.95. The number of hydrogen-bond donors (Lipinski definition) is 0. The Balaban J connectivity index is 2.08. The van der Waals surface area contributed by atoms with Crippen LogP contribution in [0, 0.1) is 0 Å². The zero-order chi connectivity index (χ0) is 17.1. The van der Waals surface area contributed by atoms with Crippen molar-refractivity contribution < 1.29 is 9.59 Å². The Hall–Kier alpha value is -2.04. The van der Waals surface area contributed by atoms with E-state index in [1.54, 1.807) is 24.3 Å². The highest BCUT2D eigenvalue weighted by molar-refractivity contribution is 8.28. The Morgan fingerprint density at radius 3 is 1.42 bits per heavy atom. The molecule has 1 heterocycles. The van der Waals surface area contributed by atoms with Crippen molar-refractivity contribution in [3.8, 4) is 0 Å². The first-order valence-corrected chi connectivity index (χ1v) is 9.18. The van der Waals surface area contributed by atoms with E-state index in [0.29, 0.717) is 11.1 Å². The normalized spacial score (nSPS) is 14.0. The predicted octanol–water partition coefficient (Wildman–Crippen LogP) is 5.70. The Labute approximate surface area is 150 Å². The van der Waals surface area contributed by atoms with Gasteiger partial charge in [-0.2, -0.15) is 0 Å². The third kappa shape index (κ3) is 3.40. The molecule has 0 aliphatic carbocycles. The molecule has 0 bridgehead atoms. The van der Waals surface area contributed by atoms with Crippen LogP contribution < -0.4 is 0 Å². The topological polar surface area (TPSA) is 34.1 Å². The number of benzene rings is 2. The van der Waals surface area contributed by atoms with Gasteiger partial charge in [0.15, 0.2) is 11.6 Å². The fourth-order valence-electron chi connectivity index (χ4n) is 2.30. The van der Waals surface area contributed by atoms with Crippen molar-refractivity contribution in [1.82, 2.24) is 0 Å². The molecule has 2 nitrogen and oxygen atoms in total. The van der Waals surface area contributed by atoms with Crippen molar-refractivity contribution >= 4 is 35.1 Å². The van der Waals surface area contributed by atoms with Crippen LogP contribution >= 0.6 is 23.5 Å². The molecule has 0 N–H and O–H groups in total. The molecule has 2 aromatic carbocycles. The van der Waals surface area contributed by atoms with Gasteiger partial charge in [-0.05, 0) is 23.7 Å². The third-order valence-corrected chi connectivity index (χ3v) is 6.35. The minimum atomic E-state index is -0.220. The zero-order valence-corrected chi connectivity index (χ0v) is 15.0. The fraction of sp³-hybridized carbons (Fsp3) is 0.100. The lowest BCUT2D eigenvalue weighted by Crippen LogP contribution is -2.15. The number of carbonyl (C=O) groups is 2. The van der Waals surface area contributed by atoms with Crippen LogP contribution in [0.1, 0.15) is 34.6 Å². The quantitative estimate of drug-likeness (QED) is 0.306. The molecule has 0 atom stereocenters. The van der Waals surface area contributed by atoms with Crippen molar-refractivity contribution in [1.29, 1.82) is 0 Å². The maximum absolute atomic E-state index is 13.0. The zero-order valence-electron chi connectivity index (χ0n) is 13.4. The van der Waals surface area contributed by atoms with E-state index in [-0.39, 0.29) is 17.1 Å². The molecule has 1 aliphatic heterocycles. The summed E-state index contributed by atoms with van der Waals surface area (Å²) in [6, 6.07) is 18.0. The first-order chi connectivity index (χ1) is 11.6. The summed E-state index contributed by atoms with van der Waals surface area (Å²) in [7, 11) is 0. The van der Waals surface area contributed by atoms with Gasteiger partial charge in [-0.1, -0.05) is 84.2 Å². The van der Waals surface area contributed by atoms with E-state index in [2.05, 4.69) is 0 Å². The fourth-order valence-corrected chi connectivity index (χ4v) is 4.89. The molecule has 24 heavy (non-hydrogen) atoms.